The summed E-state index contributed by atoms with van der Waals surface area (Å²) in [5.41, 5.74) is 1.69. The smallest absolute Gasteiger partial charge is 0.269 e. The van der Waals surface area contributed by atoms with Crippen molar-refractivity contribution in [2.24, 2.45) is 0 Å². The standard InChI is InChI=1S/C20H22ClN5O4/c1-4-19(28)26-8-16(11(2)27)30-17(9-26)12-5-14(25-18(21)6-12)13-7-15(20(29)22-3)24-10-23-13/h4-7,10-11,16-17,27H,1,8-9H2,2-3H3,(H,22,29)/t11-,16+,17+/m1/s1. The van der Waals surface area contributed by atoms with Crippen LogP contribution in [0.5, 0.6) is 0 Å². The molecule has 1 fully saturated rings. The first kappa shape index (κ1) is 21.8. The minimum atomic E-state index is -0.776. The van der Waals surface area contributed by atoms with Crippen molar-refractivity contribution < 1.29 is 19.4 Å². The number of carbonyl (C=O) groups is 2. The summed E-state index contributed by atoms with van der Waals surface area (Å²) in [6, 6.07) is 4.88. The van der Waals surface area contributed by atoms with Crippen molar-refractivity contribution in [1.82, 2.24) is 25.2 Å². The van der Waals surface area contributed by atoms with Gasteiger partial charge in [0.2, 0.25) is 5.91 Å². The molecule has 0 radical (unpaired) electrons. The van der Waals surface area contributed by atoms with Gasteiger partial charge < -0.3 is 20.1 Å². The summed E-state index contributed by atoms with van der Waals surface area (Å²) in [5, 5.41) is 12.7. The predicted octanol–water partition coefficient (Wildman–Crippen LogP) is 1.39. The second-order valence-corrected chi connectivity index (χ2v) is 7.21. The van der Waals surface area contributed by atoms with Gasteiger partial charge in [-0.25, -0.2) is 15.0 Å². The third-order valence-electron chi connectivity index (χ3n) is 4.73. The van der Waals surface area contributed by atoms with Crippen molar-refractivity contribution in [3.63, 3.8) is 0 Å². The molecule has 0 aliphatic carbocycles. The molecular formula is C20H22ClN5O4. The Labute approximate surface area is 178 Å². The van der Waals surface area contributed by atoms with Crippen molar-refractivity contribution >= 4 is 23.4 Å². The average molecular weight is 432 g/mol. The number of hydrogen-bond donors (Lipinski definition) is 2. The number of hydrogen-bond acceptors (Lipinski definition) is 7. The molecule has 0 bridgehead atoms. The van der Waals surface area contributed by atoms with Crippen LogP contribution in [0.2, 0.25) is 5.15 Å². The molecule has 2 aromatic heterocycles. The first-order chi connectivity index (χ1) is 14.3. The van der Waals surface area contributed by atoms with E-state index in [0.717, 1.165) is 0 Å². The number of nitrogens with one attached hydrogen (secondary N) is 1. The Morgan fingerprint density at radius 3 is 2.77 bits per heavy atom. The summed E-state index contributed by atoms with van der Waals surface area (Å²) in [7, 11) is 1.51. The van der Waals surface area contributed by atoms with Crippen LogP contribution in [0.3, 0.4) is 0 Å². The van der Waals surface area contributed by atoms with Crippen LogP contribution in [0.4, 0.5) is 0 Å². The van der Waals surface area contributed by atoms with Gasteiger partial charge in [0, 0.05) is 13.6 Å². The van der Waals surface area contributed by atoms with Crippen LogP contribution < -0.4 is 5.32 Å². The zero-order valence-electron chi connectivity index (χ0n) is 16.6. The molecule has 2 N–H and O–H groups in total. The molecule has 0 saturated carbocycles. The first-order valence-corrected chi connectivity index (χ1v) is 9.67. The van der Waals surface area contributed by atoms with Gasteiger partial charge in [0.25, 0.3) is 5.91 Å². The van der Waals surface area contributed by atoms with E-state index in [2.05, 4.69) is 26.8 Å². The van der Waals surface area contributed by atoms with Crippen LogP contribution in [0.15, 0.2) is 37.2 Å². The maximum absolute atomic E-state index is 12.2. The van der Waals surface area contributed by atoms with Gasteiger partial charge in [-0.1, -0.05) is 18.2 Å². The number of aromatic nitrogens is 3. The molecule has 158 valence electrons. The number of morpholine rings is 1. The van der Waals surface area contributed by atoms with Crippen molar-refractivity contribution in [3.05, 3.63) is 53.6 Å². The molecular weight excluding hydrogens is 410 g/mol. The lowest BCUT2D eigenvalue weighted by Gasteiger charge is -2.39. The lowest BCUT2D eigenvalue weighted by molar-refractivity contribution is -0.152. The predicted molar refractivity (Wildman–Crippen MR) is 110 cm³/mol. The molecule has 1 aliphatic rings. The SMILES string of the molecule is C=CC(=O)N1C[C@@H](c2cc(Cl)nc(-c3cc(C(=O)NC)ncn3)c2)O[C@H]([C@@H](C)O)C1. The number of amides is 2. The van der Waals surface area contributed by atoms with Gasteiger partial charge in [0.05, 0.1) is 24.0 Å². The van der Waals surface area contributed by atoms with E-state index in [1.165, 1.54) is 25.5 Å². The topological polar surface area (TPSA) is 118 Å². The zero-order chi connectivity index (χ0) is 21.8. The molecule has 10 heteroatoms. The van der Waals surface area contributed by atoms with Gasteiger partial charge >= 0.3 is 0 Å². The van der Waals surface area contributed by atoms with E-state index in [1.54, 1.807) is 24.0 Å². The van der Waals surface area contributed by atoms with Gasteiger partial charge in [-0.15, -0.1) is 0 Å². The molecule has 1 aliphatic heterocycles. The van der Waals surface area contributed by atoms with Crippen molar-refractivity contribution in [1.29, 1.82) is 0 Å². The molecule has 30 heavy (non-hydrogen) atoms. The Bertz CT molecular complexity index is 968. The fourth-order valence-corrected chi connectivity index (χ4v) is 3.35. The monoisotopic (exact) mass is 431 g/mol. The zero-order valence-corrected chi connectivity index (χ0v) is 17.3. The number of pyridine rings is 1. The van der Waals surface area contributed by atoms with Crippen LogP contribution >= 0.6 is 11.6 Å². The fourth-order valence-electron chi connectivity index (χ4n) is 3.13. The van der Waals surface area contributed by atoms with Crippen molar-refractivity contribution in [2.75, 3.05) is 20.1 Å². The molecule has 9 nitrogen and oxygen atoms in total. The summed E-state index contributed by atoms with van der Waals surface area (Å²) in [4.78, 5) is 38.0. The van der Waals surface area contributed by atoms with E-state index in [1.807, 2.05) is 0 Å². The van der Waals surface area contributed by atoms with E-state index in [4.69, 9.17) is 16.3 Å². The number of aliphatic hydroxyl groups excluding tert-OH is 1. The molecule has 3 atom stereocenters. The normalized spacial score (nSPS) is 19.8. The Morgan fingerprint density at radius 1 is 1.33 bits per heavy atom. The third kappa shape index (κ3) is 4.81. The second-order valence-electron chi connectivity index (χ2n) is 6.83. The lowest BCUT2D eigenvalue weighted by atomic mass is 10.0. The maximum Gasteiger partial charge on any atom is 0.269 e. The summed E-state index contributed by atoms with van der Waals surface area (Å²) >= 11 is 6.24. The third-order valence-corrected chi connectivity index (χ3v) is 4.92. The summed E-state index contributed by atoms with van der Waals surface area (Å²) in [5.74, 6) is -0.602. The van der Waals surface area contributed by atoms with E-state index in [-0.39, 0.29) is 35.8 Å². The number of aliphatic hydroxyl groups is 1. The number of ether oxygens (including phenoxy) is 1. The molecule has 0 unspecified atom stereocenters. The van der Waals surface area contributed by atoms with Gasteiger partial charge in [-0.3, -0.25) is 9.59 Å². The van der Waals surface area contributed by atoms with Crippen LogP contribution in [0, 0.1) is 0 Å². The van der Waals surface area contributed by atoms with Crippen LogP contribution in [-0.4, -0.2) is 69.1 Å². The highest BCUT2D eigenvalue weighted by Gasteiger charge is 2.33. The Hall–Kier alpha value is -2.88. The van der Waals surface area contributed by atoms with E-state index in [9.17, 15) is 14.7 Å². The van der Waals surface area contributed by atoms with E-state index >= 15 is 0 Å². The number of rotatable bonds is 5. The number of nitrogens with zero attached hydrogens (tertiary/aromatic N) is 4. The molecule has 0 spiro atoms. The molecule has 1 saturated heterocycles. The summed E-state index contributed by atoms with van der Waals surface area (Å²) < 4.78 is 6.02. The summed E-state index contributed by atoms with van der Waals surface area (Å²) in [6.07, 6.45) is 0.617. The van der Waals surface area contributed by atoms with Gasteiger partial charge in [0.1, 0.15) is 29.4 Å². The van der Waals surface area contributed by atoms with Gasteiger partial charge in [-0.2, -0.15) is 0 Å². The molecule has 2 aromatic rings. The number of halogens is 1. The largest absolute Gasteiger partial charge is 0.391 e. The van der Waals surface area contributed by atoms with E-state index < -0.39 is 18.3 Å². The van der Waals surface area contributed by atoms with E-state index in [0.29, 0.717) is 17.0 Å². The minimum Gasteiger partial charge on any atom is -0.391 e. The highest BCUT2D eigenvalue weighted by molar-refractivity contribution is 6.29. The van der Waals surface area contributed by atoms with Gasteiger partial charge in [0.15, 0.2) is 0 Å². The second kappa shape index (κ2) is 9.29. The minimum absolute atomic E-state index is 0.191. The van der Waals surface area contributed by atoms with Crippen LogP contribution in [0.1, 0.15) is 29.1 Å². The average Bonchev–Trinajstić information content (AvgIpc) is 2.77. The summed E-state index contributed by atoms with van der Waals surface area (Å²) in [6.45, 7) is 5.66. The highest BCUT2D eigenvalue weighted by Crippen LogP contribution is 2.30. The molecule has 3 rings (SSSR count). The molecule has 3 heterocycles. The van der Waals surface area contributed by atoms with Gasteiger partial charge in [-0.05, 0) is 36.8 Å². The Balaban J connectivity index is 1.97. The van der Waals surface area contributed by atoms with Crippen LogP contribution in [-0.2, 0) is 9.53 Å². The first-order valence-electron chi connectivity index (χ1n) is 9.29. The van der Waals surface area contributed by atoms with Crippen molar-refractivity contribution in [2.45, 2.75) is 25.2 Å². The van der Waals surface area contributed by atoms with Crippen molar-refractivity contribution in [3.8, 4) is 11.4 Å². The molecule has 2 amide bonds. The Morgan fingerprint density at radius 2 is 2.10 bits per heavy atom. The fraction of sp³-hybridized carbons (Fsp3) is 0.350. The highest BCUT2D eigenvalue weighted by atomic mass is 35.5. The maximum atomic E-state index is 12.2. The quantitative estimate of drug-likeness (QED) is 0.542. The number of carbonyl (C=O) groups excluding carboxylic acids is 2. The molecule has 0 aromatic carbocycles. The van der Waals surface area contributed by atoms with Crippen LogP contribution in [0.25, 0.3) is 11.4 Å². The Kier molecular flexibility index (Phi) is 6.76. The lowest BCUT2D eigenvalue weighted by Crippen LogP contribution is -2.50.